The first kappa shape index (κ1) is 19.2. The van der Waals surface area contributed by atoms with Gasteiger partial charge in [0.2, 0.25) is 0 Å². The zero-order valence-corrected chi connectivity index (χ0v) is 17.2. The van der Waals surface area contributed by atoms with E-state index >= 15 is 0 Å². The molecule has 0 radical (unpaired) electrons. The molecule has 0 aliphatic heterocycles. The average molecular weight is 393 g/mol. The summed E-state index contributed by atoms with van der Waals surface area (Å²) in [7, 11) is 1.79. The molecule has 0 bridgehead atoms. The van der Waals surface area contributed by atoms with Gasteiger partial charge in [0.1, 0.15) is 6.33 Å². The van der Waals surface area contributed by atoms with E-state index in [0.717, 1.165) is 36.7 Å². The lowest BCUT2D eigenvalue weighted by Crippen LogP contribution is -2.45. The van der Waals surface area contributed by atoms with Gasteiger partial charge in [0.15, 0.2) is 11.8 Å². The molecule has 29 heavy (non-hydrogen) atoms. The van der Waals surface area contributed by atoms with Crippen molar-refractivity contribution in [2.75, 3.05) is 7.05 Å². The lowest BCUT2D eigenvalue weighted by Gasteiger charge is -2.24. The standard InChI is InChI=1S/C21H28N8/c1-15(2)29-13-16-9-10-17(11-19(16)27-29)25-21(22-3)23-12-20-26-24-14-28(20)18-7-5-4-6-8-18/h4-8,13-15,17H,9-12H2,1-3H3,(H2,22,23,25). The zero-order chi connectivity index (χ0) is 20.2. The molecule has 0 fully saturated rings. The molecule has 4 rings (SSSR count). The van der Waals surface area contributed by atoms with Crippen molar-refractivity contribution in [2.45, 2.75) is 51.7 Å². The Hall–Kier alpha value is -3.16. The van der Waals surface area contributed by atoms with Crippen molar-refractivity contribution in [1.29, 1.82) is 0 Å². The number of guanidine groups is 1. The third kappa shape index (κ3) is 4.31. The summed E-state index contributed by atoms with van der Waals surface area (Å²) in [5.41, 5.74) is 3.61. The lowest BCUT2D eigenvalue weighted by molar-refractivity contribution is 0.499. The SMILES string of the molecule is CN=C(NCc1nncn1-c1ccccc1)NC1CCc2cn(C(C)C)nc2C1. The summed E-state index contributed by atoms with van der Waals surface area (Å²) < 4.78 is 4.04. The molecule has 2 N–H and O–H groups in total. The normalized spacial score (nSPS) is 16.7. The molecule has 1 aromatic carbocycles. The first-order chi connectivity index (χ1) is 14.1. The van der Waals surface area contributed by atoms with Crippen molar-refractivity contribution in [1.82, 2.24) is 35.2 Å². The largest absolute Gasteiger partial charge is 0.353 e. The number of fused-ring (bicyclic) bond motifs is 1. The maximum atomic E-state index is 4.76. The molecular weight excluding hydrogens is 364 g/mol. The van der Waals surface area contributed by atoms with Gasteiger partial charge in [0.25, 0.3) is 0 Å². The summed E-state index contributed by atoms with van der Waals surface area (Å²) >= 11 is 0. The Bertz CT molecular complexity index is 970. The van der Waals surface area contributed by atoms with Gasteiger partial charge < -0.3 is 10.6 Å². The monoisotopic (exact) mass is 392 g/mol. The number of hydrogen-bond acceptors (Lipinski definition) is 4. The molecule has 2 heterocycles. The molecule has 1 atom stereocenters. The van der Waals surface area contributed by atoms with Gasteiger partial charge in [-0.15, -0.1) is 10.2 Å². The third-order valence-corrected chi connectivity index (χ3v) is 5.26. The highest BCUT2D eigenvalue weighted by atomic mass is 15.3. The van der Waals surface area contributed by atoms with E-state index in [1.807, 2.05) is 34.9 Å². The fraction of sp³-hybridized carbons (Fsp3) is 0.429. The first-order valence-electron chi connectivity index (χ1n) is 10.1. The Labute approximate surface area is 171 Å². The van der Waals surface area contributed by atoms with Crippen LogP contribution < -0.4 is 10.6 Å². The van der Waals surface area contributed by atoms with Gasteiger partial charge in [-0.1, -0.05) is 18.2 Å². The van der Waals surface area contributed by atoms with Crippen molar-refractivity contribution in [3.05, 3.63) is 59.9 Å². The number of nitrogens with one attached hydrogen (secondary N) is 2. The molecule has 8 nitrogen and oxygen atoms in total. The molecule has 0 spiro atoms. The number of nitrogens with zero attached hydrogens (tertiary/aromatic N) is 6. The summed E-state index contributed by atoms with van der Waals surface area (Å²) in [6.07, 6.45) is 6.95. The van der Waals surface area contributed by atoms with Crippen LogP contribution in [0.2, 0.25) is 0 Å². The van der Waals surface area contributed by atoms with Crippen LogP contribution >= 0.6 is 0 Å². The highest BCUT2D eigenvalue weighted by Gasteiger charge is 2.23. The van der Waals surface area contributed by atoms with Crippen molar-refractivity contribution >= 4 is 5.96 Å². The van der Waals surface area contributed by atoms with Crippen LogP contribution in [0.4, 0.5) is 0 Å². The molecule has 1 unspecified atom stereocenters. The number of aryl methyl sites for hydroxylation is 1. The number of rotatable bonds is 5. The summed E-state index contributed by atoms with van der Waals surface area (Å²) in [5.74, 6) is 1.60. The van der Waals surface area contributed by atoms with E-state index in [9.17, 15) is 0 Å². The van der Waals surface area contributed by atoms with Crippen LogP contribution in [0, 0.1) is 0 Å². The van der Waals surface area contributed by atoms with Crippen LogP contribution in [0.3, 0.4) is 0 Å². The fourth-order valence-electron chi connectivity index (χ4n) is 3.63. The smallest absolute Gasteiger partial charge is 0.191 e. The van der Waals surface area contributed by atoms with Crippen LogP contribution in [0.1, 0.15) is 43.4 Å². The van der Waals surface area contributed by atoms with Gasteiger partial charge in [-0.2, -0.15) is 5.10 Å². The molecule has 8 heteroatoms. The zero-order valence-electron chi connectivity index (χ0n) is 17.2. The van der Waals surface area contributed by atoms with E-state index < -0.39 is 0 Å². The van der Waals surface area contributed by atoms with Gasteiger partial charge in [-0.25, -0.2) is 0 Å². The molecule has 2 aromatic heterocycles. The number of benzene rings is 1. The minimum Gasteiger partial charge on any atom is -0.353 e. The van der Waals surface area contributed by atoms with E-state index in [-0.39, 0.29) is 0 Å². The Kier molecular flexibility index (Phi) is 5.59. The Morgan fingerprint density at radius 1 is 1.28 bits per heavy atom. The fourth-order valence-corrected chi connectivity index (χ4v) is 3.63. The Morgan fingerprint density at radius 2 is 2.10 bits per heavy atom. The lowest BCUT2D eigenvalue weighted by atomic mass is 9.94. The predicted molar refractivity (Wildman–Crippen MR) is 113 cm³/mol. The van der Waals surface area contributed by atoms with Crippen LogP contribution in [0.25, 0.3) is 5.69 Å². The van der Waals surface area contributed by atoms with Gasteiger partial charge in [0, 0.05) is 37.4 Å². The first-order valence-corrected chi connectivity index (χ1v) is 10.1. The Balaban J connectivity index is 1.37. The summed E-state index contributed by atoms with van der Waals surface area (Å²) in [6.45, 7) is 4.86. The van der Waals surface area contributed by atoms with E-state index in [4.69, 9.17) is 5.10 Å². The van der Waals surface area contributed by atoms with Gasteiger partial charge in [-0.3, -0.25) is 14.2 Å². The van der Waals surface area contributed by atoms with Crippen LogP contribution in [-0.2, 0) is 19.4 Å². The number of hydrogen-bond donors (Lipinski definition) is 2. The molecule has 0 saturated heterocycles. The molecule has 1 aliphatic carbocycles. The summed E-state index contributed by atoms with van der Waals surface area (Å²) in [4.78, 5) is 4.38. The van der Waals surface area contributed by atoms with Gasteiger partial charge >= 0.3 is 0 Å². The highest BCUT2D eigenvalue weighted by Crippen LogP contribution is 2.21. The molecule has 0 amide bonds. The maximum Gasteiger partial charge on any atom is 0.191 e. The number of aliphatic imine (C=N–C) groups is 1. The highest BCUT2D eigenvalue weighted by molar-refractivity contribution is 5.80. The van der Waals surface area contributed by atoms with Crippen molar-refractivity contribution in [3.8, 4) is 5.69 Å². The second kappa shape index (κ2) is 8.46. The number of para-hydroxylation sites is 1. The van der Waals surface area contributed by atoms with Gasteiger partial charge in [0.05, 0.1) is 12.2 Å². The van der Waals surface area contributed by atoms with E-state index in [2.05, 4.69) is 50.5 Å². The minimum absolute atomic E-state index is 0.316. The molecule has 152 valence electrons. The predicted octanol–water partition coefficient (Wildman–Crippen LogP) is 2.27. The molecular formula is C21H28N8. The topological polar surface area (TPSA) is 85.0 Å². The molecule has 3 aromatic rings. The second-order valence-corrected chi connectivity index (χ2v) is 7.64. The Morgan fingerprint density at radius 3 is 2.86 bits per heavy atom. The van der Waals surface area contributed by atoms with Crippen molar-refractivity contribution in [3.63, 3.8) is 0 Å². The quantitative estimate of drug-likeness (QED) is 0.514. The summed E-state index contributed by atoms with van der Waals surface area (Å²) in [5, 5.41) is 20.0. The average Bonchev–Trinajstić information content (AvgIpc) is 3.38. The van der Waals surface area contributed by atoms with Crippen molar-refractivity contribution in [2.24, 2.45) is 4.99 Å². The van der Waals surface area contributed by atoms with E-state index in [1.54, 1.807) is 13.4 Å². The maximum absolute atomic E-state index is 4.76. The second-order valence-electron chi connectivity index (χ2n) is 7.64. The molecule has 1 aliphatic rings. The molecule has 0 saturated carbocycles. The van der Waals surface area contributed by atoms with E-state index in [0.29, 0.717) is 18.6 Å². The van der Waals surface area contributed by atoms with Crippen LogP contribution in [0.5, 0.6) is 0 Å². The van der Waals surface area contributed by atoms with Crippen LogP contribution in [-0.4, -0.2) is 43.6 Å². The van der Waals surface area contributed by atoms with Gasteiger partial charge in [-0.05, 0) is 44.4 Å². The van der Waals surface area contributed by atoms with E-state index in [1.165, 1.54) is 11.3 Å². The van der Waals surface area contributed by atoms with Crippen LogP contribution in [0.15, 0.2) is 47.8 Å². The summed E-state index contributed by atoms with van der Waals surface area (Å²) in [6, 6.07) is 10.8. The van der Waals surface area contributed by atoms with Crippen molar-refractivity contribution < 1.29 is 0 Å². The minimum atomic E-state index is 0.316. The third-order valence-electron chi connectivity index (χ3n) is 5.26. The number of aromatic nitrogens is 5.